The quantitative estimate of drug-likeness (QED) is 0.857. The van der Waals surface area contributed by atoms with Gasteiger partial charge in [0.15, 0.2) is 0 Å². The highest BCUT2D eigenvalue weighted by atomic mass is 32.2. The molecule has 5 nitrogen and oxygen atoms in total. The predicted molar refractivity (Wildman–Crippen MR) is 88.7 cm³/mol. The minimum atomic E-state index is 0.263. The van der Waals surface area contributed by atoms with Crippen LogP contribution in [0.1, 0.15) is 31.2 Å². The van der Waals surface area contributed by atoms with E-state index in [4.69, 9.17) is 5.73 Å². The van der Waals surface area contributed by atoms with Crippen molar-refractivity contribution in [2.24, 2.45) is 0 Å². The van der Waals surface area contributed by atoms with Gasteiger partial charge in [-0.15, -0.1) is 11.8 Å². The van der Waals surface area contributed by atoms with Crippen LogP contribution < -0.4 is 10.6 Å². The first-order chi connectivity index (χ1) is 9.95. The van der Waals surface area contributed by atoms with Gasteiger partial charge in [0.1, 0.15) is 5.82 Å². The normalized spacial score (nSPS) is 10.9. The highest BCUT2D eigenvalue weighted by molar-refractivity contribution is 7.98. The highest BCUT2D eigenvalue weighted by Crippen LogP contribution is 2.24. The minimum Gasteiger partial charge on any atom is -0.368 e. The topological polar surface area (TPSA) is 67.9 Å². The molecule has 0 saturated carbocycles. The molecule has 0 aliphatic carbocycles. The average molecular weight is 303 g/mol. The second-order valence-electron chi connectivity index (χ2n) is 5.32. The summed E-state index contributed by atoms with van der Waals surface area (Å²) >= 11 is 1.70. The van der Waals surface area contributed by atoms with Gasteiger partial charge in [-0.3, -0.25) is 0 Å². The number of nitrogens with two attached hydrogens (primary N) is 1. The molecule has 1 aromatic carbocycles. The van der Waals surface area contributed by atoms with Gasteiger partial charge in [0.05, 0.1) is 5.75 Å². The van der Waals surface area contributed by atoms with Crippen molar-refractivity contribution < 1.29 is 0 Å². The first-order valence-corrected chi connectivity index (χ1v) is 7.85. The first kappa shape index (κ1) is 15.6. The molecule has 0 aliphatic rings. The zero-order valence-corrected chi connectivity index (χ0v) is 13.7. The lowest BCUT2D eigenvalue weighted by atomic mass is 10.0. The molecule has 1 heterocycles. The Morgan fingerprint density at radius 2 is 1.76 bits per heavy atom. The molecule has 0 saturated heterocycles. The van der Waals surface area contributed by atoms with E-state index in [0.29, 0.717) is 23.4 Å². The summed E-state index contributed by atoms with van der Waals surface area (Å²) in [6.07, 6.45) is 0. The Kier molecular flexibility index (Phi) is 5.01. The van der Waals surface area contributed by atoms with E-state index in [-0.39, 0.29) is 5.95 Å². The Hall–Kier alpha value is -1.82. The molecule has 2 aromatic rings. The third-order valence-corrected chi connectivity index (χ3v) is 4.01. The monoisotopic (exact) mass is 303 g/mol. The van der Waals surface area contributed by atoms with Crippen LogP contribution in [0.5, 0.6) is 0 Å². The molecule has 112 valence electrons. The minimum absolute atomic E-state index is 0.263. The second kappa shape index (κ2) is 6.76. The summed E-state index contributed by atoms with van der Waals surface area (Å²) in [5, 5.41) is 0. The maximum atomic E-state index is 5.72. The van der Waals surface area contributed by atoms with Crippen LogP contribution in [0.2, 0.25) is 0 Å². The molecule has 0 atom stereocenters. The Bertz CT molecular complexity index is 596. The summed E-state index contributed by atoms with van der Waals surface area (Å²) in [5.41, 5.74) is 7.07. The van der Waals surface area contributed by atoms with Crippen molar-refractivity contribution >= 4 is 23.7 Å². The molecule has 6 heteroatoms. The standard InChI is InChI=1S/C15H21N5S/c1-10(2)11-5-7-12(8-6-11)21-9-13-17-14(16)19-15(18-13)20(3)4/h5-8,10H,9H2,1-4H3,(H2,16,17,18,19). The molecule has 1 aromatic heterocycles. The molecule has 0 aliphatic heterocycles. The summed E-state index contributed by atoms with van der Waals surface area (Å²) in [6, 6.07) is 8.61. The lowest BCUT2D eigenvalue weighted by molar-refractivity contribution is 0.865. The number of thioether (sulfide) groups is 1. The first-order valence-electron chi connectivity index (χ1n) is 6.86. The van der Waals surface area contributed by atoms with Crippen molar-refractivity contribution in [3.8, 4) is 0 Å². The third-order valence-electron chi connectivity index (χ3n) is 3.00. The van der Waals surface area contributed by atoms with E-state index in [1.54, 1.807) is 11.8 Å². The van der Waals surface area contributed by atoms with Crippen molar-refractivity contribution in [1.82, 2.24) is 15.0 Å². The molecule has 2 rings (SSSR count). The van der Waals surface area contributed by atoms with Crippen molar-refractivity contribution in [1.29, 1.82) is 0 Å². The zero-order chi connectivity index (χ0) is 15.4. The number of rotatable bonds is 5. The molecule has 0 bridgehead atoms. The van der Waals surface area contributed by atoms with E-state index in [1.165, 1.54) is 10.5 Å². The number of benzene rings is 1. The third kappa shape index (κ3) is 4.32. The van der Waals surface area contributed by atoms with E-state index in [0.717, 1.165) is 0 Å². The molecule has 0 unspecified atom stereocenters. The van der Waals surface area contributed by atoms with Gasteiger partial charge >= 0.3 is 0 Å². The highest BCUT2D eigenvalue weighted by Gasteiger charge is 2.07. The fraction of sp³-hybridized carbons (Fsp3) is 0.400. The SMILES string of the molecule is CC(C)c1ccc(SCc2nc(N)nc(N(C)C)n2)cc1. The molecule has 2 N–H and O–H groups in total. The van der Waals surface area contributed by atoms with Crippen LogP contribution >= 0.6 is 11.8 Å². The van der Waals surface area contributed by atoms with E-state index >= 15 is 0 Å². The van der Waals surface area contributed by atoms with Gasteiger partial charge in [-0.2, -0.15) is 15.0 Å². The molecule has 0 spiro atoms. The fourth-order valence-electron chi connectivity index (χ4n) is 1.79. The van der Waals surface area contributed by atoms with Crippen LogP contribution in [0.15, 0.2) is 29.2 Å². The van der Waals surface area contributed by atoms with Crippen LogP contribution in [0, 0.1) is 0 Å². The number of aromatic nitrogens is 3. The smallest absolute Gasteiger partial charge is 0.229 e. The number of anilines is 2. The van der Waals surface area contributed by atoms with Crippen LogP contribution in [0.3, 0.4) is 0 Å². The lowest BCUT2D eigenvalue weighted by Gasteiger charge is -2.11. The number of hydrogen-bond acceptors (Lipinski definition) is 6. The predicted octanol–water partition coefficient (Wildman–Crippen LogP) is 2.94. The van der Waals surface area contributed by atoms with Gasteiger partial charge in [-0.1, -0.05) is 26.0 Å². The van der Waals surface area contributed by atoms with E-state index < -0.39 is 0 Å². The van der Waals surface area contributed by atoms with Crippen molar-refractivity contribution in [3.63, 3.8) is 0 Å². The van der Waals surface area contributed by atoms with Crippen LogP contribution in [0.25, 0.3) is 0 Å². The lowest BCUT2D eigenvalue weighted by Crippen LogP contribution is -2.15. The molecular weight excluding hydrogens is 282 g/mol. The van der Waals surface area contributed by atoms with E-state index in [2.05, 4.69) is 53.1 Å². The summed E-state index contributed by atoms with van der Waals surface area (Å²) in [7, 11) is 3.77. The number of hydrogen-bond donors (Lipinski definition) is 1. The summed E-state index contributed by atoms with van der Waals surface area (Å²) < 4.78 is 0. The number of nitrogens with zero attached hydrogens (tertiary/aromatic N) is 4. The summed E-state index contributed by atoms with van der Waals surface area (Å²) in [4.78, 5) is 15.7. The average Bonchev–Trinajstić information content (AvgIpc) is 2.45. The van der Waals surface area contributed by atoms with E-state index in [1.807, 2.05) is 19.0 Å². The Morgan fingerprint density at radius 3 is 2.33 bits per heavy atom. The van der Waals surface area contributed by atoms with Crippen LogP contribution in [-0.4, -0.2) is 29.0 Å². The van der Waals surface area contributed by atoms with Gasteiger partial charge in [0, 0.05) is 19.0 Å². The van der Waals surface area contributed by atoms with Gasteiger partial charge in [-0.05, 0) is 23.6 Å². The van der Waals surface area contributed by atoms with Crippen LogP contribution in [-0.2, 0) is 5.75 Å². The largest absolute Gasteiger partial charge is 0.368 e. The van der Waals surface area contributed by atoms with Crippen LogP contribution in [0.4, 0.5) is 11.9 Å². The van der Waals surface area contributed by atoms with E-state index in [9.17, 15) is 0 Å². The van der Waals surface area contributed by atoms with Gasteiger partial charge in [0.25, 0.3) is 0 Å². The molecule has 0 amide bonds. The fourth-order valence-corrected chi connectivity index (χ4v) is 2.54. The van der Waals surface area contributed by atoms with Gasteiger partial charge < -0.3 is 10.6 Å². The van der Waals surface area contributed by atoms with Crippen molar-refractivity contribution in [2.75, 3.05) is 24.7 Å². The van der Waals surface area contributed by atoms with Gasteiger partial charge in [-0.25, -0.2) is 0 Å². The Balaban J connectivity index is 2.05. The maximum Gasteiger partial charge on any atom is 0.229 e. The second-order valence-corrected chi connectivity index (χ2v) is 6.37. The summed E-state index contributed by atoms with van der Waals surface area (Å²) in [6.45, 7) is 4.39. The molecular formula is C15H21N5S. The Labute approximate surface area is 130 Å². The van der Waals surface area contributed by atoms with Gasteiger partial charge in [0.2, 0.25) is 11.9 Å². The Morgan fingerprint density at radius 1 is 1.10 bits per heavy atom. The van der Waals surface area contributed by atoms with Crippen molar-refractivity contribution in [3.05, 3.63) is 35.7 Å². The maximum absolute atomic E-state index is 5.72. The molecule has 21 heavy (non-hydrogen) atoms. The zero-order valence-electron chi connectivity index (χ0n) is 12.9. The molecule has 0 radical (unpaired) electrons. The molecule has 0 fully saturated rings. The number of nitrogen functional groups attached to an aromatic ring is 1. The van der Waals surface area contributed by atoms with Crippen molar-refractivity contribution in [2.45, 2.75) is 30.4 Å². The summed E-state index contributed by atoms with van der Waals surface area (Å²) in [5.74, 6) is 2.78.